The summed E-state index contributed by atoms with van der Waals surface area (Å²) in [5.41, 5.74) is 2.14. The maximum Gasteiger partial charge on any atom is 0.273 e. The van der Waals surface area contributed by atoms with Gasteiger partial charge in [0, 0.05) is 6.20 Å². The molecule has 0 saturated heterocycles. The number of fused-ring (bicyclic) bond motifs is 1. The third-order valence-corrected chi connectivity index (χ3v) is 1.66. The van der Waals surface area contributed by atoms with Gasteiger partial charge in [-0.2, -0.15) is 0 Å². The van der Waals surface area contributed by atoms with Crippen molar-refractivity contribution in [3.05, 3.63) is 28.4 Å². The SMILES string of the molecule is Cc1c[nH]c(=O)c2[nH]cnc12. The molecule has 0 aliphatic rings. The molecule has 0 bridgehead atoms. The van der Waals surface area contributed by atoms with E-state index in [9.17, 15) is 4.79 Å². The number of aromatic amines is 2. The molecule has 0 aliphatic carbocycles. The van der Waals surface area contributed by atoms with Crippen molar-refractivity contribution < 1.29 is 0 Å². The lowest BCUT2D eigenvalue weighted by molar-refractivity contribution is 1.22. The summed E-state index contributed by atoms with van der Waals surface area (Å²) < 4.78 is 0. The Hall–Kier alpha value is -1.58. The summed E-state index contributed by atoms with van der Waals surface area (Å²) in [5, 5.41) is 0. The minimum Gasteiger partial charge on any atom is -0.340 e. The van der Waals surface area contributed by atoms with Crippen LogP contribution in [0.2, 0.25) is 0 Å². The van der Waals surface area contributed by atoms with Gasteiger partial charge in [-0.05, 0) is 12.5 Å². The second-order valence-electron chi connectivity index (χ2n) is 2.43. The fourth-order valence-electron chi connectivity index (χ4n) is 1.08. The maximum absolute atomic E-state index is 11.1. The Bertz CT molecular complexity index is 440. The Morgan fingerprint density at radius 2 is 2.27 bits per heavy atom. The highest BCUT2D eigenvalue weighted by Gasteiger charge is 2.01. The molecule has 0 unspecified atom stereocenters. The molecular weight excluding hydrogens is 142 g/mol. The van der Waals surface area contributed by atoms with Crippen molar-refractivity contribution >= 4 is 11.0 Å². The lowest BCUT2D eigenvalue weighted by Gasteiger charge is -1.90. The first-order valence-electron chi connectivity index (χ1n) is 3.30. The van der Waals surface area contributed by atoms with Crippen LogP contribution in [0.4, 0.5) is 0 Å². The van der Waals surface area contributed by atoms with Gasteiger partial charge < -0.3 is 9.97 Å². The van der Waals surface area contributed by atoms with E-state index < -0.39 is 0 Å². The zero-order valence-electron chi connectivity index (χ0n) is 6.01. The topological polar surface area (TPSA) is 61.5 Å². The predicted molar refractivity (Wildman–Crippen MR) is 41.5 cm³/mol. The van der Waals surface area contributed by atoms with E-state index in [0.29, 0.717) is 5.52 Å². The highest BCUT2D eigenvalue weighted by Crippen LogP contribution is 2.06. The summed E-state index contributed by atoms with van der Waals surface area (Å²) >= 11 is 0. The molecule has 0 fully saturated rings. The van der Waals surface area contributed by atoms with Crippen molar-refractivity contribution in [1.82, 2.24) is 15.0 Å². The molecule has 56 valence electrons. The van der Waals surface area contributed by atoms with Gasteiger partial charge in [-0.25, -0.2) is 4.98 Å². The molecule has 0 amide bonds. The molecule has 0 aromatic carbocycles. The Kier molecular flexibility index (Phi) is 1.09. The van der Waals surface area contributed by atoms with E-state index in [1.165, 1.54) is 6.33 Å². The van der Waals surface area contributed by atoms with Gasteiger partial charge in [-0.1, -0.05) is 0 Å². The van der Waals surface area contributed by atoms with Gasteiger partial charge in [0.05, 0.1) is 11.8 Å². The van der Waals surface area contributed by atoms with E-state index in [0.717, 1.165) is 11.1 Å². The zero-order chi connectivity index (χ0) is 7.84. The fraction of sp³-hybridized carbons (Fsp3) is 0.143. The van der Waals surface area contributed by atoms with Crippen molar-refractivity contribution in [2.75, 3.05) is 0 Å². The molecule has 11 heavy (non-hydrogen) atoms. The Morgan fingerprint density at radius 3 is 3.00 bits per heavy atom. The first-order valence-corrected chi connectivity index (χ1v) is 3.30. The predicted octanol–water partition coefficient (Wildman–Crippen LogP) is 0.560. The second kappa shape index (κ2) is 1.95. The highest BCUT2D eigenvalue weighted by molar-refractivity contribution is 5.76. The van der Waals surface area contributed by atoms with Crippen molar-refractivity contribution in [1.29, 1.82) is 0 Å². The van der Waals surface area contributed by atoms with Crippen molar-refractivity contribution in [2.24, 2.45) is 0 Å². The average Bonchev–Trinajstić information content (AvgIpc) is 2.45. The van der Waals surface area contributed by atoms with Gasteiger partial charge in [0.1, 0.15) is 5.52 Å². The maximum atomic E-state index is 11.1. The summed E-state index contributed by atoms with van der Waals surface area (Å²) in [6.45, 7) is 1.90. The molecule has 2 heterocycles. The number of hydrogen-bond donors (Lipinski definition) is 2. The van der Waals surface area contributed by atoms with Crippen LogP contribution in [-0.4, -0.2) is 15.0 Å². The van der Waals surface area contributed by atoms with Gasteiger partial charge in [-0.3, -0.25) is 4.79 Å². The first kappa shape index (κ1) is 6.15. The largest absolute Gasteiger partial charge is 0.340 e. The van der Waals surface area contributed by atoms with Gasteiger partial charge in [0.25, 0.3) is 5.56 Å². The molecular formula is C7H7N3O. The fourth-order valence-corrected chi connectivity index (χ4v) is 1.08. The zero-order valence-corrected chi connectivity index (χ0v) is 6.01. The van der Waals surface area contributed by atoms with Gasteiger partial charge in [0.15, 0.2) is 0 Å². The van der Waals surface area contributed by atoms with Crippen LogP contribution in [0, 0.1) is 6.92 Å². The number of rotatable bonds is 0. The standard InChI is InChI=1S/C7H7N3O/c1-4-2-8-7(11)6-5(4)9-3-10-6/h2-3H,1H3,(H,8,11)(H,9,10). The van der Waals surface area contributed by atoms with E-state index in [-0.39, 0.29) is 5.56 Å². The number of H-pyrrole nitrogens is 2. The van der Waals surface area contributed by atoms with Crippen LogP contribution in [0.1, 0.15) is 5.56 Å². The number of nitrogens with one attached hydrogen (secondary N) is 2. The summed E-state index contributed by atoms with van der Waals surface area (Å²) in [6.07, 6.45) is 3.18. The van der Waals surface area contributed by atoms with Crippen LogP contribution in [0.25, 0.3) is 11.0 Å². The molecule has 4 nitrogen and oxygen atoms in total. The lowest BCUT2D eigenvalue weighted by atomic mass is 10.3. The van der Waals surface area contributed by atoms with Crippen LogP contribution >= 0.6 is 0 Å². The van der Waals surface area contributed by atoms with Crippen LogP contribution in [0.5, 0.6) is 0 Å². The van der Waals surface area contributed by atoms with Crippen molar-refractivity contribution in [3.8, 4) is 0 Å². The second-order valence-corrected chi connectivity index (χ2v) is 2.43. The summed E-state index contributed by atoms with van der Waals surface area (Å²) in [4.78, 5) is 20.4. The van der Waals surface area contributed by atoms with E-state index in [1.54, 1.807) is 6.20 Å². The van der Waals surface area contributed by atoms with Crippen molar-refractivity contribution in [3.63, 3.8) is 0 Å². The molecule has 0 radical (unpaired) electrons. The van der Waals surface area contributed by atoms with Gasteiger partial charge in [-0.15, -0.1) is 0 Å². The van der Waals surface area contributed by atoms with Crippen LogP contribution < -0.4 is 5.56 Å². The van der Waals surface area contributed by atoms with E-state index in [1.807, 2.05) is 6.92 Å². The molecule has 2 rings (SSSR count). The van der Waals surface area contributed by atoms with Gasteiger partial charge >= 0.3 is 0 Å². The van der Waals surface area contributed by atoms with Crippen LogP contribution in [0.3, 0.4) is 0 Å². The number of hydrogen-bond acceptors (Lipinski definition) is 2. The molecule has 2 aromatic heterocycles. The summed E-state index contributed by atoms with van der Waals surface area (Å²) in [7, 11) is 0. The van der Waals surface area contributed by atoms with Crippen LogP contribution in [-0.2, 0) is 0 Å². The monoisotopic (exact) mass is 149 g/mol. The molecule has 0 spiro atoms. The summed E-state index contributed by atoms with van der Waals surface area (Å²) in [6, 6.07) is 0. The van der Waals surface area contributed by atoms with Crippen molar-refractivity contribution in [2.45, 2.75) is 6.92 Å². The molecule has 4 heteroatoms. The molecule has 0 aliphatic heterocycles. The molecule has 2 N–H and O–H groups in total. The third kappa shape index (κ3) is 0.756. The number of pyridine rings is 1. The number of imidazole rings is 1. The number of aryl methyl sites for hydroxylation is 1. The smallest absolute Gasteiger partial charge is 0.273 e. The first-order chi connectivity index (χ1) is 5.29. The molecule has 0 atom stereocenters. The van der Waals surface area contributed by atoms with E-state index in [2.05, 4.69) is 15.0 Å². The van der Waals surface area contributed by atoms with Gasteiger partial charge in [0.2, 0.25) is 0 Å². The van der Waals surface area contributed by atoms with E-state index >= 15 is 0 Å². The Labute approximate surface area is 62.3 Å². The lowest BCUT2D eigenvalue weighted by Crippen LogP contribution is -2.05. The average molecular weight is 149 g/mol. The Morgan fingerprint density at radius 1 is 1.45 bits per heavy atom. The third-order valence-electron chi connectivity index (χ3n) is 1.66. The Balaban J connectivity index is 3.08. The molecule has 2 aromatic rings. The number of aromatic nitrogens is 3. The molecule has 0 saturated carbocycles. The van der Waals surface area contributed by atoms with Crippen LogP contribution in [0.15, 0.2) is 17.3 Å². The highest BCUT2D eigenvalue weighted by atomic mass is 16.1. The normalized spacial score (nSPS) is 10.6. The van der Waals surface area contributed by atoms with E-state index in [4.69, 9.17) is 0 Å². The summed E-state index contributed by atoms with van der Waals surface area (Å²) in [5.74, 6) is 0. The minimum atomic E-state index is -0.122. The minimum absolute atomic E-state index is 0.122. The number of nitrogens with zero attached hydrogens (tertiary/aromatic N) is 1. The quantitative estimate of drug-likeness (QED) is 0.574.